The third kappa shape index (κ3) is 3.32. The molecule has 20 heavy (non-hydrogen) atoms. The topological polar surface area (TPSA) is 52.0 Å². The standard InChI is InChI=1S/C18H24N2/c1-12(2)17-11-14(4-9-18(17)20)10-13(3)15-5-7-16(19)8-6-15/h4-9,11-13H,10,19-20H2,1-3H3/t13-/m0/s1. The van der Waals surface area contributed by atoms with E-state index < -0.39 is 0 Å². The van der Waals surface area contributed by atoms with E-state index in [0.29, 0.717) is 11.8 Å². The summed E-state index contributed by atoms with van der Waals surface area (Å²) in [7, 11) is 0. The first-order valence-corrected chi connectivity index (χ1v) is 7.21. The number of hydrogen-bond donors (Lipinski definition) is 2. The van der Waals surface area contributed by atoms with Gasteiger partial charge in [0.1, 0.15) is 0 Å². The molecule has 0 heterocycles. The highest BCUT2D eigenvalue weighted by molar-refractivity contribution is 5.50. The van der Waals surface area contributed by atoms with Gasteiger partial charge in [-0.05, 0) is 53.1 Å². The average Bonchev–Trinajstić information content (AvgIpc) is 2.41. The van der Waals surface area contributed by atoms with Gasteiger partial charge in [-0.2, -0.15) is 0 Å². The summed E-state index contributed by atoms with van der Waals surface area (Å²) in [5.74, 6) is 0.931. The molecule has 4 N–H and O–H groups in total. The summed E-state index contributed by atoms with van der Waals surface area (Å²) < 4.78 is 0. The zero-order valence-electron chi connectivity index (χ0n) is 12.6. The van der Waals surface area contributed by atoms with Gasteiger partial charge in [-0.25, -0.2) is 0 Å². The Morgan fingerprint density at radius 2 is 1.55 bits per heavy atom. The van der Waals surface area contributed by atoms with E-state index in [0.717, 1.165) is 17.8 Å². The van der Waals surface area contributed by atoms with E-state index in [-0.39, 0.29) is 0 Å². The number of benzene rings is 2. The van der Waals surface area contributed by atoms with Crippen molar-refractivity contribution < 1.29 is 0 Å². The van der Waals surface area contributed by atoms with E-state index in [2.05, 4.69) is 45.0 Å². The number of hydrogen-bond acceptors (Lipinski definition) is 2. The van der Waals surface area contributed by atoms with E-state index in [1.165, 1.54) is 16.7 Å². The number of nitrogens with two attached hydrogens (primary N) is 2. The molecule has 2 aromatic carbocycles. The Kier molecular flexibility index (Phi) is 4.33. The van der Waals surface area contributed by atoms with Crippen LogP contribution < -0.4 is 11.5 Å². The van der Waals surface area contributed by atoms with Crippen molar-refractivity contribution in [1.29, 1.82) is 0 Å². The van der Waals surface area contributed by atoms with Crippen LogP contribution >= 0.6 is 0 Å². The fourth-order valence-corrected chi connectivity index (χ4v) is 2.55. The zero-order chi connectivity index (χ0) is 14.7. The quantitative estimate of drug-likeness (QED) is 0.811. The first-order valence-electron chi connectivity index (χ1n) is 7.21. The van der Waals surface area contributed by atoms with Crippen molar-refractivity contribution in [3.63, 3.8) is 0 Å². The van der Waals surface area contributed by atoms with Gasteiger partial charge in [-0.3, -0.25) is 0 Å². The first-order chi connectivity index (χ1) is 9.47. The molecule has 0 aromatic heterocycles. The first kappa shape index (κ1) is 14.4. The predicted molar refractivity (Wildman–Crippen MR) is 87.9 cm³/mol. The van der Waals surface area contributed by atoms with E-state index in [1.54, 1.807) is 0 Å². The largest absolute Gasteiger partial charge is 0.399 e. The molecule has 0 radical (unpaired) electrons. The van der Waals surface area contributed by atoms with Crippen molar-refractivity contribution in [3.8, 4) is 0 Å². The highest BCUT2D eigenvalue weighted by Crippen LogP contribution is 2.26. The fourth-order valence-electron chi connectivity index (χ4n) is 2.55. The number of rotatable bonds is 4. The Hall–Kier alpha value is -1.96. The molecule has 2 aromatic rings. The molecule has 2 nitrogen and oxygen atoms in total. The second-order valence-corrected chi connectivity index (χ2v) is 5.89. The van der Waals surface area contributed by atoms with Crippen LogP contribution in [-0.2, 0) is 6.42 Å². The molecule has 0 aliphatic carbocycles. The van der Waals surface area contributed by atoms with Gasteiger partial charge in [0.2, 0.25) is 0 Å². The summed E-state index contributed by atoms with van der Waals surface area (Å²) in [5, 5.41) is 0. The normalized spacial score (nSPS) is 12.6. The van der Waals surface area contributed by atoms with Gasteiger partial charge >= 0.3 is 0 Å². The van der Waals surface area contributed by atoms with Crippen molar-refractivity contribution in [2.75, 3.05) is 11.5 Å². The molecule has 0 aliphatic heterocycles. The Labute approximate surface area is 121 Å². The van der Waals surface area contributed by atoms with Crippen LogP contribution in [-0.4, -0.2) is 0 Å². The van der Waals surface area contributed by atoms with Gasteiger partial charge < -0.3 is 11.5 Å². The lowest BCUT2D eigenvalue weighted by Gasteiger charge is -2.15. The Bertz CT molecular complexity index is 570. The van der Waals surface area contributed by atoms with Gasteiger partial charge in [-0.15, -0.1) is 0 Å². The molecule has 0 aliphatic rings. The summed E-state index contributed by atoms with van der Waals surface area (Å²) in [5.41, 5.74) is 17.4. The van der Waals surface area contributed by atoms with Crippen LogP contribution in [0.15, 0.2) is 42.5 Å². The molecular formula is C18H24N2. The minimum Gasteiger partial charge on any atom is -0.399 e. The summed E-state index contributed by atoms with van der Waals surface area (Å²) in [6, 6.07) is 14.6. The average molecular weight is 268 g/mol. The molecular weight excluding hydrogens is 244 g/mol. The Morgan fingerprint density at radius 3 is 2.15 bits per heavy atom. The molecule has 1 atom stereocenters. The van der Waals surface area contributed by atoms with Crippen molar-refractivity contribution in [2.24, 2.45) is 0 Å². The predicted octanol–water partition coefficient (Wildman–Crippen LogP) is 4.32. The molecule has 0 spiro atoms. The molecule has 2 rings (SSSR count). The maximum absolute atomic E-state index is 6.04. The zero-order valence-corrected chi connectivity index (χ0v) is 12.6. The molecule has 2 heteroatoms. The van der Waals surface area contributed by atoms with Crippen LogP contribution in [0.4, 0.5) is 11.4 Å². The Balaban J connectivity index is 2.17. The van der Waals surface area contributed by atoms with Crippen molar-refractivity contribution >= 4 is 11.4 Å². The lowest BCUT2D eigenvalue weighted by atomic mass is 9.91. The summed E-state index contributed by atoms with van der Waals surface area (Å²) >= 11 is 0. The van der Waals surface area contributed by atoms with Gasteiger partial charge in [0.25, 0.3) is 0 Å². The smallest absolute Gasteiger partial charge is 0.0349 e. The van der Waals surface area contributed by atoms with E-state index in [4.69, 9.17) is 11.5 Å². The van der Waals surface area contributed by atoms with Crippen molar-refractivity contribution in [3.05, 3.63) is 59.2 Å². The second kappa shape index (κ2) is 6.00. The lowest BCUT2D eigenvalue weighted by Crippen LogP contribution is -2.02. The highest BCUT2D eigenvalue weighted by Gasteiger charge is 2.10. The molecule has 0 unspecified atom stereocenters. The van der Waals surface area contributed by atoms with Gasteiger partial charge in [-0.1, -0.05) is 45.0 Å². The summed E-state index contributed by atoms with van der Waals surface area (Å²) in [6.45, 7) is 6.61. The molecule has 0 amide bonds. The van der Waals surface area contributed by atoms with Crippen LogP contribution in [0, 0.1) is 0 Å². The van der Waals surface area contributed by atoms with Crippen LogP contribution in [0.1, 0.15) is 49.3 Å². The number of anilines is 2. The monoisotopic (exact) mass is 268 g/mol. The van der Waals surface area contributed by atoms with Gasteiger partial charge in [0, 0.05) is 11.4 Å². The van der Waals surface area contributed by atoms with Crippen LogP contribution in [0.5, 0.6) is 0 Å². The molecule has 0 fully saturated rings. The third-order valence-electron chi connectivity index (χ3n) is 3.82. The SMILES string of the molecule is CC(C)c1cc(C[C@H](C)c2ccc(N)cc2)ccc1N. The summed E-state index contributed by atoms with van der Waals surface area (Å²) in [4.78, 5) is 0. The van der Waals surface area contributed by atoms with E-state index in [9.17, 15) is 0 Å². The maximum Gasteiger partial charge on any atom is 0.0349 e. The van der Waals surface area contributed by atoms with Gasteiger partial charge in [0.15, 0.2) is 0 Å². The maximum atomic E-state index is 6.04. The van der Waals surface area contributed by atoms with Crippen LogP contribution in [0.2, 0.25) is 0 Å². The fraction of sp³-hybridized carbons (Fsp3) is 0.333. The van der Waals surface area contributed by atoms with Gasteiger partial charge in [0.05, 0.1) is 0 Å². The van der Waals surface area contributed by atoms with Crippen molar-refractivity contribution in [1.82, 2.24) is 0 Å². The minimum absolute atomic E-state index is 0.460. The lowest BCUT2D eigenvalue weighted by molar-refractivity contribution is 0.756. The molecule has 0 saturated heterocycles. The second-order valence-electron chi connectivity index (χ2n) is 5.89. The highest BCUT2D eigenvalue weighted by atomic mass is 14.6. The minimum atomic E-state index is 0.460. The van der Waals surface area contributed by atoms with E-state index >= 15 is 0 Å². The summed E-state index contributed by atoms with van der Waals surface area (Å²) in [6.07, 6.45) is 1.02. The van der Waals surface area contributed by atoms with Crippen molar-refractivity contribution in [2.45, 2.75) is 39.0 Å². The molecule has 0 bridgehead atoms. The molecule has 106 valence electrons. The Morgan fingerprint density at radius 1 is 0.900 bits per heavy atom. The van der Waals surface area contributed by atoms with Crippen LogP contribution in [0.3, 0.4) is 0 Å². The van der Waals surface area contributed by atoms with E-state index in [1.807, 2.05) is 18.2 Å². The number of nitrogen functional groups attached to an aromatic ring is 2. The molecule has 0 saturated carbocycles. The third-order valence-corrected chi connectivity index (χ3v) is 3.82. The van der Waals surface area contributed by atoms with Crippen LogP contribution in [0.25, 0.3) is 0 Å².